The number of para-hydroxylation sites is 2. The molecule has 34 heavy (non-hydrogen) atoms. The van der Waals surface area contributed by atoms with Crippen LogP contribution in [0.4, 0.5) is 5.69 Å². The fraction of sp³-hybridized carbons (Fsp3) is 0.308. The Labute approximate surface area is 199 Å². The number of hydrogen-bond acceptors (Lipinski definition) is 5. The van der Waals surface area contributed by atoms with Crippen molar-refractivity contribution in [3.8, 4) is 17.2 Å². The molecule has 8 heteroatoms. The predicted octanol–water partition coefficient (Wildman–Crippen LogP) is 4.00. The highest BCUT2D eigenvalue weighted by atomic mass is 16.5. The zero-order valence-electron chi connectivity index (χ0n) is 19.4. The highest BCUT2D eigenvalue weighted by Crippen LogP contribution is 2.30. The molecule has 1 aliphatic rings. The summed E-state index contributed by atoms with van der Waals surface area (Å²) in [5, 5.41) is 2.76. The number of hydrogen-bond donors (Lipinski definition) is 1. The van der Waals surface area contributed by atoms with E-state index in [2.05, 4.69) is 22.3 Å². The number of rotatable bonds is 8. The molecule has 0 saturated carbocycles. The number of benzene rings is 2. The molecule has 0 bridgehead atoms. The zero-order valence-corrected chi connectivity index (χ0v) is 19.4. The minimum atomic E-state index is -0.336. The first-order valence-electron chi connectivity index (χ1n) is 11.2. The molecule has 4 rings (SSSR count). The Bertz CT molecular complexity index is 1120. The number of carbonyl (C=O) groups is 2. The summed E-state index contributed by atoms with van der Waals surface area (Å²) in [5.41, 5.74) is 1.09. The minimum Gasteiger partial charge on any atom is -0.495 e. The van der Waals surface area contributed by atoms with Crippen LogP contribution in [0.5, 0.6) is 17.2 Å². The van der Waals surface area contributed by atoms with Crippen LogP contribution in [-0.4, -0.2) is 55.2 Å². The monoisotopic (exact) mass is 463 g/mol. The lowest BCUT2D eigenvalue weighted by Gasteiger charge is -2.33. The van der Waals surface area contributed by atoms with E-state index in [-0.39, 0.29) is 18.4 Å². The lowest BCUT2D eigenvalue weighted by atomic mass is 10.0. The van der Waals surface area contributed by atoms with Gasteiger partial charge in [-0.25, -0.2) is 0 Å². The number of methoxy groups -OCH3 is 2. The first-order chi connectivity index (χ1) is 16.6. The van der Waals surface area contributed by atoms with Gasteiger partial charge in [0.25, 0.3) is 11.8 Å². The van der Waals surface area contributed by atoms with Crippen molar-refractivity contribution in [2.75, 3.05) is 39.2 Å². The Balaban J connectivity index is 1.35. The SMILES string of the molecule is COc1ccccc1NC(=O)COc1ccc(C(=O)N2CCC(n3cccc3)CC2)cc1OC. The first-order valence-corrected chi connectivity index (χ1v) is 11.2. The van der Waals surface area contributed by atoms with Crippen LogP contribution in [0.2, 0.25) is 0 Å². The van der Waals surface area contributed by atoms with Crippen LogP contribution >= 0.6 is 0 Å². The van der Waals surface area contributed by atoms with Crippen LogP contribution in [0.1, 0.15) is 29.2 Å². The molecule has 3 aromatic rings. The third-order valence-corrected chi connectivity index (χ3v) is 5.95. The molecule has 1 N–H and O–H groups in total. The number of nitrogens with one attached hydrogen (secondary N) is 1. The van der Waals surface area contributed by atoms with Crippen LogP contribution < -0.4 is 19.5 Å². The minimum absolute atomic E-state index is 0.0373. The van der Waals surface area contributed by atoms with Gasteiger partial charge in [0.15, 0.2) is 18.1 Å². The van der Waals surface area contributed by atoms with Gasteiger partial charge in [0.05, 0.1) is 19.9 Å². The van der Waals surface area contributed by atoms with Gasteiger partial charge in [-0.2, -0.15) is 0 Å². The first kappa shape index (κ1) is 23.2. The van der Waals surface area contributed by atoms with Gasteiger partial charge in [-0.05, 0) is 55.3 Å². The summed E-state index contributed by atoms with van der Waals surface area (Å²) in [6, 6.07) is 16.6. The van der Waals surface area contributed by atoms with E-state index in [0.29, 0.717) is 47.6 Å². The van der Waals surface area contributed by atoms with Gasteiger partial charge < -0.3 is 29.0 Å². The number of anilines is 1. The number of amides is 2. The normalized spacial score (nSPS) is 13.9. The van der Waals surface area contributed by atoms with Crippen molar-refractivity contribution >= 4 is 17.5 Å². The van der Waals surface area contributed by atoms with Crippen molar-refractivity contribution in [1.82, 2.24) is 9.47 Å². The topological polar surface area (TPSA) is 82.0 Å². The van der Waals surface area contributed by atoms with Crippen molar-refractivity contribution in [3.05, 3.63) is 72.6 Å². The van der Waals surface area contributed by atoms with Crippen LogP contribution in [0.25, 0.3) is 0 Å². The number of piperidine rings is 1. The van der Waals surface area contributed by atoms with E-state index in [4.69, 9.17) is 14.2 Å². The van der Waals surface area contributed by atoms with Crippen molar-refractivity contribution in [2.45, 2.75) is 18.9 Å². The average Bonchev–Trinajstić information content (AvgIpc) is 3.42. The maximum absolute atomic E-state index is 13.0. The molecule has 0 unspecified atom stereocenters. The van der Waals surface area contributed by atoms with E-state index in [0.717, 1.165) is 12.8 Å². The molecule has 1 aliphatic heterocycles. The summed E-state index contributed by atoms with van der Waals surface area (Å²) in [4.78, 5) is 27.3. The highest BCUT2D eigenvalue weighted by Gasteiger charge is 2.25. The molecular weight excluding hydrogens is 434 g/mol. The smallest absolute Gasteiger partial charge is 0.262 e. The number of likely N-dealkylation sites (tertiary alicyclic amines) is 1. The molecule has 1 saturated heterocycles. The number of nitrogens with zero attached hydrogens (tertiary/aromatic N) is 2. The summed E-state index contributed by atoms with van der Waals surface area (Å²) >= 11 is 0. The second kappa shape index (κ2) is 10.8. The van der Waals surface area contributed by atoms with Gasteiger partial charge in [0.2, 0.25) is 0 Å². The molecule has 0 spiro atoms. The Morgan fingerprint density at radius 3 is 2.32 bits per heavy atom. The highest BCUT2D eigenvalue weighted by molar-refractivity contribution is 5.95. The largest absolute Gasteiger partial charge is 0.495 e. The van der Waals surface area contributed by atoms with Crippen LogP contribution in [-0.2, 0) is 4.79 Å². The molecular formula is C26H29N3O5. The molecule has 2 amide bonds. The van der Waals surface area contributed by atoms with Gasteiger partial charge in [0, 0.05) is 37.1 Å². The van der Waals surface area contributed by atoms with E-state index in [1.807, 2.05) is 23.1 Å². The van der Waals surface area contributed by atoms with Crippen molar-refractivity contribution < 1.29 is 23.8 Å². The van der Waals surface area contributed by atoms with Gasteiger partial charge in [-0.15, -0.1) is 0 Å². The van der Waals surface area contributed by atoms with Gasteiger partial charge >= 0.3 is 0 Å². The standard InChI is InChI=1S/C26H29N3O5/c1-32-22-8-4-3-7-21(22)27-25(30)18-34-23-10-9-19(17-24(23)33-2)26(31)29-15-11-20(12-16-29)28-13-5-6-14-28/h3-10,13-14,17,20H,11-12,15-16,18H2,1-2H3,(H,27,30). The Morgan fingerprint density at radius 1 is 0.912 bits per heavy atom. The predicted molar refractivity (Wildman–Crippen MR) is 129 cm³/mol. The van der Waals surface area contributed by atoms with E-state index < -0.39 is 0 Å². The lowest BCUT2D eigenvalue weighted by molar-refractivity contribution is -0.118. The average molecular weight is 464 g/mol. The van der Waals surface area contributed by atoms with Crippen LogP contribution in [0, 0.1) is 0 Å². The van der Waals surface area contributed by atoms with Gasteiger partial charge in [0.1, 0.15) is 5.75 Å². The van der Waals surface area contributed by atoms with Gasteiger partial charge in [-0.3, -0.25) is 9.59 Å². The van der Waals surface area contributed by atoms with E-state index >= 15 is 0 Å². The summed E-state index contributed by atoms with van der Waals surface area (Å²) in [5.74, 6) is 0.981. The van der Waals surface area contributed by atoms with E-state index in [1.165, 1.54) is 7.11 Å². The molecule has 0 atom stereocenters. The lowest BCUT2D eigenvalue weighted by Crippen LogP contribution is -2.38. The van der Waals surface area contributed by atoms with E-state index in [9.17, 15) is 9.59 Å². The molecule has 2 heterocycles. The summed E-state index contributed by atoms with van der Waals surface area (Å²) in [6.07, 6.45) is 5.98. The fourth-order valence-electron chi connectivity index (χ4n) is 4.14. The molecule has 1 aromatic heterocycles. The molecule has 0 radical (unpaired) electrons. The van der Waals surface area contributed by atoms with Crippen molar-refractivity contribution in [2.24, 2.45) is 0 Å². The van der Waals surface area contributed by atoms with Gasteiger partial charge in [-0.1, -0.05) is 12.1 Å². The Morgan fingerprint density at radius 2 is 1.62 bits per heavy atom. The second-order valence-electron chi connectivity index (χ2n) is 8.06. The van der Waals surface area contributed by atoms with Crippen molar-refractivity contribution in [1.29, 1.82) is 0 Å². The van der Waals surface area contributed by atoms with E-state index in [1.54, 1.807) is 43.5 Å². The van der Waals surface area contributed by atoms with Crippen molar-refractivity contribution in [3.63, 3.8) is 0 Å². The molecule has 8 nitrogen and oxygen atoms in total. The summed E-state index contributed by atoms with van der Waals surface area (Å²) in [7, 11) is 3.05. The fourth-order valence-corrected chi connectivity index (χ4v) is 4.14. The number of ether oxygens (including phenoxy) is 3. The molecule has 1 fully saturated rings. The number of aromatic nitrogens is 1. The second-order valence-corrected chi connectivity index (χ2v) is 8.06. The maximum Gasteiger partial charge on any atom is 0.262 e. The van der Waals surface area contributed by atoms with Crippen LogP contribution in [0.15, 0.2) is 67.0 Å². The quantitative estimate of drug-likeness (QED) is 0.546. The maximum atomic E-state index is 13.0. The summed E-state index contributed by atoms with van der Waals surface area (Å²) < 4.78 is 18.5. The molecule has 178 valence electrons. The third kappa shape index (κ3) is 5.33. The third-order valence-electron chi connectivity index (χ3n) is 5.95. The number of carbonyl (C=O) groups excluding carboxylic acids is 2. The summed E-state index contributed by atoms with van der Waals surface area (Å²) in [6.45, 7) is 1.19. The Hall–Kier alpha value is -3.94. The zero-order chi connectivity index (χ0) is 23.9. The molecule has 2 aromatic carbocycles. The Kier molecular flexibility index (Phi) is 7.37. The molecule has 0 aliphatic carbocycles. The van der Waals surface area contributed by atoms with Crippen LogP contribution in [0.3, 0.4) is 0 Å².